The predicted octanol–water partition coefficient (Wildman–Crippen LogP) is 3.84. The van der Waals surface area contributed by atoms with Crippen molar-refractivity contribution in [1.82, 2.24) is 9.88 Å². The minimum atomic E-state index is -0.451. The minimum Gasteiger partial charge on any atom is -0.383 e. The molecule has 0 aliphatic carbocycles. The van der Waals surface area contributed by atoms with E-state index in [1.165, 1.54) is 36.3 Å². The number of thiazole rings is 1. The monoisotopic (exact) mass is 504 g/mol. The molecule has 0 fully saturated rings. The Morgan fingerprint density at radius 2 is 1.82 bits per heavy atom. The van der Waals surface area contributed by atoms with E-state index in [1.54, 1.807) is 29.6 Å². The third-order valence-electron chi connectivity index (χ3n) is 4.56. The highest BCUT2D eigenvalue weighted by Gasteiger charge is 2.21. The lowest BCUT2D eigenvalue weighted by Crippen LogP contribution is -2.40. The molecule has 3 aromatic rings. The molecule has 11 heteroatoms. The molecule has 1 heterocycles. The molecule has 3 amide bonds. The molecule has 1 aromatic heterocycles. The number of rotatable bonds is 10. The van der Waals surface area contributed by atoms with Crippen LogP contribution in [0.4, 0.5) is 15.2 Å². The number of hydrogen-bond acceptors (Lipinski definition) is 6. The van der Waals surface area contributed by atoms with Crippen LogP contribution in [0.15, 0.2) is 53.9 Å². The molecule has 0 saturated heterocycles. The van der Waals surface area contributed by atoms with Gasteiger partial charge in [0.2, 0.25) is 11.8 Å². The van der Waals surface area contributed by atoms with Gasteiger partial charge in [0.15, 0.2) is 5.13 Å². The summed E-state index contributed by atoms with van der Waals surface area (Å²) in [5.74, 6) is -1.57. The fourth-order valence-electron chi connectivity index (χ4n) is 2.94. The molecule has 0 saturated carbocycles. The number of amides is 3. The van der Waals surface area contributed by atoms with E-state index in [0.29, 0.717) is 21.5 Å². The van der Waals surface area contributed by atoms with E-state index < -0.39 is 17.6 Å². The molecule has 0 aliphatic heterocycles. The van der Waals surface area contributed by atoms with Crippen LogP contribution in [0.1, 0.15) is 16.1 Å². The highest BCUT2D eigenvalue weighted by atomic mass is 35.5. The third kappa shape index (κ3) is 7.34. The lowest BCUT2D eigenvalue weighted by atomic mass is 10.2. The van der Waals surface area contributed by atoms with Crippen molar-refractivity contribution in [2.45, 2.75) is 6.42 Å². The number of carbonyl (C=O) groups excluding carboxylic acids is 3. The van der Waals surface area contributed by atoms with Crippen molar-refractivity contribution in [1.29, 1.82) is 0 Å². The van der Waals surface area contributed by atoms with E-state index in [2.05, 4.69) is 15.6 Å². The molecule has 0 unspecified atom stereocenters. The number of nitrogens with zero attached hydrogens (tertiary/aromatic N) is 2. The summed E-state index contributed by atoms with van der Waals surface area (Å²) >= 11 is 7.29. The number of nitrogens with one attached hydrogen (secondary N) is 2. The second-order valence-electron chi connectivity index (χ2n) is 7.12. The smallest absolute Gasteiger partial charge is 0.255 e. The summed E-state index contributed by atoms with van der Waals surface area (Å²) in [6.45, 7) is 0.210. The molecular formula is C23H22ClFN4O4S. The minimum absolute atomic E-state index is 0.0191. The van der Waals surface area contributed by atoms with Gasteiger partial charge in [-0.15, -0.1) is 11.3 Å². The maximum atomic E-state index is 13.0. The van der Waals surface area contributed by atoms with Crippen molar-refractivity contribution >= 4 is 51.5 Å². The first-order chi connectivity index (χ1) is 16.4. The van der Waals surface area contributed by atoms with Gasteiger partial charge < -0.3 is 20.3 Å². The van der Waals surface area contributed by atoms with Crippen molar-refractivity contribution in [3.63, 3.8) is 0 Å². The van der Waals surface area contributed by atoms with E-state index >= 15 is 0 Å². The summed E-state index contributed by atoms with van der Waals surface area (Å²) < 4.78 is 18.0. The molecule has 2 N–H and O–H groups in total. The second kappa shape index (κ2) is 12.2. The SMILES string of the molecule is COCCN(CC(=O)Nc1nc(CC(=O)Nc2ccc(F)cc2)cs1)C(=O)c1ccccc1Cl. The molecule has 34 heavy (non-hydrogen) atoms. The van der Waals surface area contributed by atoms with E-state index in [4.69, 9.17) is 16.3 Å². The second-order valence-corrected chi connectivity index (χ2v) is 8.39. The number of halogens is 2. The summed E-state index contributed by atoms with van der Waals surface area (Å²) in [4.78, 5) is 43.2. The Morgan fingerprint density at radius 3 is 2.53 bits per heavy atom. The number of benzene rings is 2. The average Bonchev–Trinajstić information content (AvgIpc) is 3.24. The van der Waals surface area contributed by atoms with Crippen molar-refractivity contribution < 1.29 is 23.5 Å². The topological polar surface area (TPSA) is 101 Å². The van der Waals surface area contributed by atoms with Crippen LogP contribution in [-0.4, -0.2) is 54.4 Å². The number of anilines is 2. The largest absolute Gasteiger partial charge is 0.383 e. The van der Waals surface area contributed by atoms with Gasteiger partial charge in [-0.25, -0.2) is 9.37 Å². The van der Waals surface area contributed by atoms with Gasteiger partial charge in [0.1, 0.15) is 12.4 Å². The Labute approximate surface area is 204 Å². The van der Waals surface area contributed by atoms with Crippen LogP contribution in [0.3, 0.4) is 0 Å². The van der Waals surface area contributed by atoms with Gasteiger partial charge in [0, 0.05) is 24.7 Å². The van der Waals surface area contributed by atoms with Gasteiger partial charge in [0.05, 0.1) is 29.3 Å². The molecule has 0 radical (unpaired) electrons. The highest BCUT2D eigenvalue weighted by Crippen LogP contribution is 2.19. The normalized spacial score (nSPS) is 10.6. The van der Waals surface area contributed by atoms with Gasteiger partial charge in [-0.05, 0) is 36.4 Å². The van der Waals surface area contributed by atoms with Crippen molar-refractivity contribution in [2.75, 3.05) is 37.4 Å². The maximum absolute atomic E-state index is 13.0. The van der Waals surface area contributed by atoms with Crippen LogP contribution in [-0.2, 0) is 20.7 Å². The lowest BCUT2D eigenvalue weighted by molar-refractivity contribution is -0.117. The van der Waals surface area contributed by atoms with E-state index in [-0.39, 0.29) is 37.6 Å². The first-order valence-electron chi connectivity index (χ1n) is 10.2. The lowest BCUT2D eigenvalue weighted by Gasteiger charge is -2.22. The molecule has 8 nitrogen and oxygen atoms in total. The van der Waals surface area contributed by atoms with Gasteiger partial charge in [-0.1, -0.05) is 23.7 Å². The Balaban J connectivity index is 1.57. The number of hydrogen-bond donors (Lipinski definition) is 2. The zero-order chi connectivity index (χ0) is 24.5. The van der Waals surface area contributed by atoms with Gasteiger partial charge in [0.25, 0.3) is 5.91 Å². The Morgan fingerprint density at radius 1 is 1.09 bits per heavy atom. The first kappa shape index (κ1) is 25.3. The van der Waals surface area contributed by atoms with Crippen LogP contribution < -0.4 is 10.6 Å². The number of ether oxygens (including phenoxy) is 1. The quantitative estimate of drug-likeness (QED) is 0.437. The third-order valence-corrected chi connectivity index (χ3v) is 5.70. The van der Waals surface area contributed by atoms with Crippen LogP contribution in [0, 0.1) is 5.82 Å². The molecule has 0 bridgehead atoms. The number of carbonyl (C=O) groups is 3. The molecule has 0 spiro atoms. The Bertz CT molecular complexity index is 1160. The van der Waals surface area contributed by atoms with E-state index in [0.717, 1.165) is 11.3 Å². The molecular weight excluding hydrogens is 483 g/mol. The summed E-state index contributed by atoms with van der Waals surface area (Å²) in [5.41, 5.74) is 1.22. The van der Waals surface area contributed by atoms with Crippen molar-refractivity contribution in [2.24, 2.45) is 0 Å². The highest BCUT2D eigenvalue weighted by molar-refractivity contribution is 7.13. The summed E-state index contributed by atoms with van der Waals surface area (Å²) in [7, 11) is 1.50. The predicted molar refractivity (Wildman–Crippen MR) is 129 cm³/mol. The Kier molecular flexibility index (Phi) is 9.08. The van der Waals surface area contributed by atoms with Crippen LogP contribution in [0.5, 0.6) is 0 Å². The zero-order valence-electron chi connectivity index (χ0n) is 18.2. The molecule has 2 aromatic carbocycles. The van der Waals surface area contributed by atoms with Gasteiger partial charge >= 0.3 is 0 Å². The van der Waals surface area contributed by atoms with Crippen LogP contribution in [0.2, 0.25) is 5.02 Å². The van der Waals surface area contributed by atoms with Crippen LogP contribution in [0.25, 0.3) is 0 Å². The average molecular weight is 505 g/mol. The van der Waals surface area contributed by atoms with Crippen LogP contribution >= 0.6 is 22.9 Å². The summed E-state index contributed by atoms with van der Waals surface area (Å²) in [6.07, 6.45) is -0.0191. The first-order valence-corrected chi connectivity index (χ1v) is 11.4. The molecule has 178 valence electrons. The summed E-state index contributed by atoms with van der Waals surface area (Å²) in [5, 5.41) is 7.54. The molecule has 3 rings (SSSR count). The Hall–Kier alpha value is -3.34. The van der Waals surface area contributed by atoms with Crippen molar-refractivity contribution in [3.05, 3.63) is 76.0 Å². The summed E-state index contributed by atoms with van der Waals surface area (Å²) in [6, 6.07) is 12.0. The molecule has 0 atom stereocenters. The van der Waals surface area contributed by atoms with Gasteiger partial charge in [-0.3, -0.25) is 14.4 Å². The number of aromatic nitrogens is 1. The zero-order valence-corrected chi connectivity index (χ0v) is 19.8. The standard InChI is InChI=1S/C23H22ClFN4O4S/c1-33-11-10-29(22(32)18-4-2-3-5-19(18)24)13-21(31)28-23-27-17(14-34-23)12-20(30)26-16-8-6-15(25)7-9-16/h2-9,14H,10-13H2,1H3,(H,26,30)(H,27,28,31). The molecule has 0 aliphatic rings. The van der Waals surface area contributed by atoms with E-state index in [9.17, 15) is 18.8 Å². The maximum Gasteiger partial charge on any atom is 0.255 e. The number of methoxy groups -OCH3 is 1. The van der Waals surface area contributed by atoms with Gasteiger partial charge in [-0.2, -0.15) is 0 Å². The fraction of sp³-hybridized carbons (Fsp3) is 0.217. The fourth-order valence-corrected chi connectivity index (χ4v) is 3.88. The van der Waals surface area contributed by atoms with Crippen molar-refractivity contribution in [3.8, 4) is 0 Å². The van der Waals surface area contributed by atoms with E-state index in [1.807, 2.05) is 0 Å².